The molecule has 0 saturated heterocycles. The maximum absolute atomic E-state index is 14.0. The molecule has 5 rings (SSSR count). The lowest BCUT2D eigenvalue weighted by Gasteiger charge is -2.47. The first-order chi connectivity index (χ1) is 15.0. The minimum atomic E-state index is -0.910. The second-order valence-corrected chi connectivity index (χ2v) is 9.16. The fourth-order valence-electron chi connectivity index (χ4n) is 5.41. The van der Waals surface area contributed by atoms with E-state index in [1.165, 1.54) is 0 Å². The quantitative estimate of drug-likeness (QED) is 0.515. The number of aromatic nitrogens is 3. The van der Waals surface area contributed by atoms with E-state index >= 15 is 0 Å². The van der Waals surface area contributed by atoms with Gasteiger partial charge >= 0.3 is 0 Å². The molecule has 2 aliphatic rings. The molecule has 2 aliphatic heterocycles. The first-order valence-electron chi connectivity index (χ1n) is 10.4. The summed E-state index contributed by atoms with van der Waals surface area (Å²) >= 11 is 12.6. The van der Waals surface area contributed by atoms with E-state index in [-0.39, 0.29) is 17.9 Å². The van der Waals surface area contributed by atoms with Gasteiger partial charge in [0.25, 0.3) is 0 Å². The number of hydrogen-bond donors (Lipinski definition) is 1. The average molecular weight is 453 g/mol. The van der Waals surface area contributed by atoms with E-state index in [2.05, 4.69) is 29.0 Å². The van der Waals surface area contributed by atoms with Gasteiger partial charge in [0.2, 0.25) is 5.91 Å². The predicted octanol–water partition coefficient (Wildman–Crippen LogP) is 5.71. The van der Waals surface area contributed by atoms with Crippen LogP contribution in [0.4, 0.5) is 5.69 Å². The van der Waals surface area contributed by atoms with Gasteiger partial charge in [0.05, 0.1) is 6.04 Å². The Morgan fingerprint density at radius 3 is 2.84 bits per heavy atom. The van der Waals surface area contributed by atoms with Gasteiger partial charge in [0.15, 0.2) is 0 Å². The summed E-state index contributed by atoms with van der Waals surface area (Å²) in [5.74, 6) is 0.591. The van der Waals surface area contributed by atoms with Crippen LogP contribution in [0.5, 0.6) is 0 Å². The van der Waals surface area contributed by atoms with Crippen LogP contribution in [0.25, 0.3) is 0 Å². The lowest BCUT2D eigenvalue weighted by atomic mass is 9.59. The van der Waals surface area contributed by atoms with E-state index in [0.717, 1.165) is 41.1 Å². The van der Waals surface area contributed by atoms with Gasteiger partial charge in [-0.3, -0.25) is 4.79 Å². The summed E-state index contributed by atoms with van der Waals surface area (Å²) < 4.78 is 2.03. The number of benzene rings is 2. The summed E-state index contributed by atoms with van der Waals surface area (Å²) in [4.78, 5) is 14.0. The second-order valence-electron chi connectivity index (χ2n) is 8.29. The number of anilines is 1. The van der Waals surface area contributed by atoms with E-state index in [4.69, 9.17) is 23.2 Å². The molecule has 7 heteroatoms. The molecule has 0 bridgehead atoms. The van der Waals surface area contributed by atoms with Gasteiger partial charge in [0, 0.05) is 28.1 Å². The first kappa shape index (κ1) is 20.3. The molecule has 0 radical (unpaired) electrons. The minimum Gasteiger partial charge on any atom is -0.325 e. The van der Waals surface area contributed by atoms with Crippen LogP contribution in [0, 0.1) is 0 Å². The maximum Gasteiger partial charge on any atom is 0.238 e. The molecule has 0 aliphatic carbocycles. The van der Waals surface area contributed by atoms with Crippen molar-refractivity contribution in [2.75, 3.05) is 5.32 Å². The number of rotatable bonds is 4. The largest absolute Gasteiger partial charge is 0.325 e. The van der Waals surface area contributed by atoms with Gasteiger partial charge in [-0.1, -0.05) is 66.9 Å². The maximum atomic E-state index is 14.0. The summed E-state index contributed by atoms with van der Waals surface area (Å²) in [6.07, 6.45) is 4.01. The van der Waals surface area contributed by atoms with Crippen molar-refractivity contribution in [3.63, 3.8) is 0 Å². The molecule has 5 nitrogen and oxygen atoms in total. The zero-order chi connectivity index (χ0) is 21.8. The predicted molar refractivity (Wildman–Crippen MR) is 123 cm³/mol. The van der Waals surface area contributed by atoms with Gasteiger partial charge in [-0.2, -0.15) is 0 Å². The topological polar surface area (TPSA) is 59.8 Å². The van der Waals surface area contributed by atoms with E-state index < -0.39 is 5.41 Å². The van der Waals surface area contributed by atoms with Gasteiger partial charge < -0.3 is 9.88 Å². The Morgan fingerprint density at radius 1 is 1.26 bits per heavy atom. The number of fused-ring (bicyclic) bond motifs is 3. The zero-order valence-electron chi connectivity index (χ0n) is 17.1. The summed E-state index contributed by atoms with van der Waals surface area (Å²) in [7, 11) is 0. The Bertz CT molecular complexity index is 1200. The number of hydrogen-bond acceptors (Lipinski definition) is 3. The van der Waals surface area contributed by atoms with Crippen LogP contribution in [-0.2, 0) is 16.6 Å². The third-order valence-electron chi connectivity index (χ3n) is 6.55. The lowest BCUT2D eigenvalue weighted by molar-refractivity contribution is -0.123. The molecule has 0 unspecified atom stereocenters. The van der Waals surface area contributed by atoms with Crippen LogP contribution in [-0.4, -0.2) is 20.7 Å². The first-order valence-corrected chi connectivity index (χ1v) is 11.1. The highest BCUT2D eigenvalue weighted by Crippen LogP contribution is 2.59. The number of carbonyl (C=O) groups is 1. The zero-order valence-corrected chi connectivity index (χ0v) is 18.6. The molecule has 158 valence electrons. The van der Waals surface area contributed by atoms with Crippen molar-refractivity contribution in [2.24, 2.45) is 0 Å². The SMILES string of the molecule is C=C(CCC)[C@H]1n2cnnc2C[C@@H](c2cccc(Cl)c2)[C@]12C(=O)Nc1cc(Cl)ccc12. The molecule has 0 fully saturated rings. The van der Waals surface area contributed by atoms with Crippen LogP contribution < -0.4 is 5.32 Å². The van der Waals surface area contributed by atoms with Crippen LogP contribution >= 0.6 is 23.2 Å². The van der Waals surface area contributed by atoms with Crippen LogP contribution in [0.3, 0.4) is 0 Å². The van der Waals surface area contributed by atoms with Crippen LogP contribution in [0.2, 0.25) is 10.0 Å². The van der Waals surface area contributed by atoms with Gasteiger partial charge in [-0.25, -0.2) is 0 Å². The summed E-state index contributed by atoms with van der Waals surface area (Å²) in [5, 5.41) is 12.9. The van der Waals surface area contributed by atoms with E-state index in [1.54, 1.807) is 6.33 Å². The molecule has 3 heterocycles. The van der Waals surface area contributed by atoms with Crippen molar-refractivity contribution < 1.29 is 4.79 Å². The number of allylic oxidation sites excluding steroid dienone is 1. The van der Waals surface area contributed by atoms with Gasteiger partial charge in [0.1, 0.15) is 17.6 Å². The third kappa shape index (κ3) is 2.94. The number of amides is 1. The Labute approximate surface area is 191 Å². The molecule has 0 saturated carbocycles. The van der Waals surface area contributed by atoms with Crippen molar-refractivity contribution >= 4 is 34.8 Å². The molecule has 1 aromatic heterocycles. The minimum absolute atomic E-state index is 0.0589. The van der Waals surface area contributed by atoms with Crippen LogP contribution in [0.15, 0.2) is 60.9 Å². The highest BCUT2D eigenvalue weighted by atomic mass is 35.5. The molecule has 3 aromatic rings. The fourth-order valence-corrected chi connectivity index (χ4v) is 5.78. The Hall–Kier alpha value is -2.63. The summed E-state index contributed by atoms with van der Waals surface area (Å²) in [6.45, 7) is 6.54. The van der Waals surface area contributed by atoms with Crippen molar-refractivity contribution in [3.8, 4) is 0 Å². The van der Waals surface area contributed by atoms with E-state index in [0.29, 0.717) is 16.5 Å². The average Bonchev–Trinajstić information content (AvgIpc) is 3.30. The monoisotopic (exact) mass is 452 g/mol. The number of nitrogens with one attached hydrogen (secondary N) is 1. The van der Waals surface area contributed by atoms with Gasteiger partial charge in [-0.15, -0.1) is 10.2 Å². The van der Waals surface area contributed by atoms with E-state index in [9.17, 15) is 4.79 Å². The second kappa shape index (κ2) is 7.50. The smallest absolute Gasteiger partial charge is 0.238 e. The van der Waals surface area contributed by atoms with Crippen molar-refractivity contribution in [3.05, 3.63) is 87.9 Å². The summed E-state index contributed by atoms with van der Waals surface area (Å²) in [6, 6.07) is 13.1. The van der Waals surface area contributed by atoms with E-state index in [1.807, 2.05) is 47.0 Å². The molecular formula is C24H22Cl2N4O. The summed E-state index contributed by atoms with van der Waals surface area (Å²) in [5.41, 5.74) is 2.73. The highest BCUT2D eigenvalue weighted by molar-refractivity contribution is 6.31. The molecule has 2 aromatic carbocycles. The molecule has 1 spiro atoms. The number of carbonyl (C=O) groups excluding carboxylic acids is 1. The third-order valence-corrected chi connectivity index (χ3v) is 7.02. The molecule has 3 atom stereocenters. The number of nitrogens with zero attached hydrogens (tertiary/aromatic N) is 3. The van der Waals surface area contributed by atoms with Crippen molar-refractivity contribution in [1.29, 1.82) is 0 Å². The van der Waals surface area contributed by atoms with Crippen molar-refractivity contribution in [1.82, 2.24) is 14.8 Å². The Morgan fingerprint density at radius 2 is 2.06 bits per heavy atom. The van der Waals surface area contributed by atoms with Crippen molar-refractivity contribution in [2.45, 2.75) is 43.6 Å². The Kier molecular flexibility index (Phi) is 4.91. The lowest BCUT2D eigenvalue weighted by Crippen LogP contribution is -2.52. The highest BCUT2D eigenvalue weighted by Gasteiger charge is 2.61. The molecule has 1 amide bonds. The molecule has 31 heavy (non-hydrogen) atoms. The standard InChI is InChI=1S/C24H22Cl2N4O/c1-3-5-14(2)22-24(18-9-8-17(26)11-20(18)28-23(24)31)19(12-21-29-27-13-30(21)22)15-6-4-7-16(25)10-15/h4,6-11,13,19,22H,2-3,5,12H2,1H3,(H,28,31)/t19-,22+,24-/m0/s1. The normalized spacial score (nSPS) is 24.0. The molecule has 1 N–H and O–H groups in total. The number of halogens is 2. The molecular weight excluding hydrogens is 431 g/mol. The Balaban J connectivity index is 1.84. The van der Waals surface area contributed by atoms with Gasteiger partial charge in [-0.05, 0) is 41.8 Å². The fraction of sp³-hybridized carbons (Fsp3) is 0.292. The van der Waals surface area contributed by atoms with Crippen LogP contribution in [0.1, 0.15) is 48.7 Å².